The molecular formula is C16H21N3O2. The van der Waals surface area contributed by atoms with Gasteiger partial charge in [0.2, 0.25) is 0 Å². The van der Waals surface area contributed by atoms with Crippen LogP contribution < -0.4 is 5.32 Å². The molecule has 1 aromatic carbocycles. The third-order valence-electron chi connectivity index (χ3n) is 3.66. The molecule has 2 aromatic rings. The van der Waals surface area contributed by atoms with Crippen molar-refractivity contribution < 1.29 is 9.47 Å². The van der Waals surface area contributed by atoms with E-state index in [0.717, 1.165) is 17.8 Å². The van der Waals surface area contributed by atoms with E-state index in [1.165, 1.54) is 0 Å². The van der Waals surface area contributed by atoms with Crippen LogP contribution in [0.4, 0.5) is 0 Å². The molecule has 0 saturated carbocycles. The molecule has 112 valence electrons. The fourth-order valence-corrected chi connectivity index (χ4v) is 2.36. The highest BCUT2D eigenvalue weighted by molar-refractivity contribution is 5.31. The molecule has 1 N–H and O–H groups in total. The van der Waals surface area contributed by atoms with Crippen LogP contribution >= 0.6 is 0 Å². The van der Waals surface area contributed by atoms with E-state index in [9.17, 15) is 0 Å². The molecule has 5 heteroatoms. The van der Waals surface area contributed by atoms with Crippen LogP contribution in [-0.4, -0.2) is 42.2 Å². The summed E-state index contributed by atoms with van der Waals surface area (Å²) in [5, 5.41) is 7.90. The molecule has 1 fully saturated rings. The van der Waals surface area contributed by atoms with Crippen LogP contribution in [0.3, 0.4) is 0 Å². The first-order valence-electron chi connectivity index (χ1n) is 7.35. The topological polar surface area (TPSA) is 48.3 Å². The Morgan fingerprint density at radius 1 is 1.33 bits per heavy atom. The fraction of sp³-hybridized carbons (Fsp3) is 0.438. The Labute approximate surface area is 124 Å². The Morgan fingerprint density at radius 2 is 2.19 bits per heavy atom. The van der Waals surface area contributed by atoms with Gasteiger partial charge in [0, 0.05) is 24.3 Å². The maximum atomic E-state index is 5.63. The number of rotatable bonds is 5. The predicted octanol–water partition coefficient (Wildman–Crippen LogP) is 1.94. The minimum Gasteiger partial charge on any atom is -0.376 e. The van der Waals surface area contributed by atoms with E-state index in [4.69, 9.17) is 9.47 Å². The standard InChI is InChI=1S/C16H21N3O2/c1-13(17-10-16-12-20-7-8-21-16)14-9-18-19(11-14)15-5-3-2-4-6-15/h2-6,9,11,13,16-17H,7-8,10,12H2,1H3. The SMILES string of the molecule is CC(NCC1COCCO1)c1cnn(-c2ccccc2)c1. The lowest BCUT2D eigenvalue weighted by Crippen LogP contribution is -2.38. The zero-order valence-electron chi connectivity index (χ0n) is 12.2. The van der Waals surface area contributed by atoms with Gasteiger partial charge in [-0.25, -0.2) is 4.68 Å². The highest BCUT2D eigenvalue weighted by atomic mass is 16.6. The summed E-state index contributed by atoms with van der Waals surface area (Å²) in [4.78, 5) is 0. The van der Waals surface area contributed by atoms with Gasteiger partial charge >= 0.3 is 0 Å². The van der Waals surface area contributed by atoms with Crippen LogP contribution in [0.5, 0.6) is 0 Å². The molecule has 1 aromatic heterocycles. The van der Waals surface area contributed by atoms with E-state index in [2.05, 4.69) is 23.5 Å². The number of nitrogens with zero attached hydrogens (tertiary/aromatic N) is 2. The van der Waals surface area contributed by atoms with Gasteiger partial charge in [0.05, 0.1) is 37.8 Å². The minimum absolute atomic E-state index is 0.144. The van der Waals surface area contributed by atoms with Crippen LogP contribution in [0, 0.1) is 0 Å². The lowest BCUT2D eigenvalue weighted by Gasteiger charge is -2.24. The number of aromatic nitrogens is 2. The Morgan fingerprint density at radius 3 is 2.95 bits per heavy atom. The maximum Gasteiger partial charge on any atom is 0.0933 e. The molecule has 1 aliphatic heterocycles. The van der Waals surface area contributed by atoms with Crippen molar-refractivity contribution in [2.24, 2.45) is 0 Å². The van der Waals surface area contributed by atoms with Crippen LogP contribution in [-0.2, 0) is 9.47 Å². The first-order valence-corrected chi connectivity index (χ1v) is 7.35. The lowest BCUT2D eigenvalue weighted by molar-refractivity contribution is -0.0869. The number of hydrogen-bond donors (Lipinski definition) is 1. The van der Waals surface area contributed by atoms with Gasteiger partial charge in [0.25, 0.3) is 0 Å². The van der Waals surface area contributed by atoms with E-state index in [1.807, 2.05) is 41.2 Å². The van der Waals surface area contributed by atoms with Crippen molar-refractivity contribution in [1.29, 1.82) is 0 Å². The average molecular weight is 287 g/mol. The molecule has 2 heterocycles. The number of para-hydroxylation sites is 1. The highest BCUT2D eigenvalue weighted by Gasteiger charge is 2.16. The molecule has 1 saturated heterocycles. The molecule has 0 amide bonds. The maximum absolute atomic E-state index is 5.63. The fourth-order valence-electron chi connectivity index (χ4n) is 2.36. The second-order valence-corrected chi connectivity index (χ2v) is 5.25. The predicted molar refractivity (Wildman–Crippen MR) is 80.5 cm³/mol. The Kier molecular flexibility index (Phi) is 4.65. The minimum atomic E-state index is 0.144. The largest absolute Gasteiger partial charge is 0.376 e. The van der Waals surface area contributed by atoms with E-state index in [1.54, 1.807) is 0 Å². The summed E-state index contributed by atoms with van der Waals surface area (Å²) in [6.07, 6.45) is 4.11. The van der Waals surface area contributed by atoms with Crippen LogP contribution in [0.1, 0.15) is 18.5 Å². The third-order valence-corrected chi connectivity index (χ3v) is 3.66. The molecule has 21 heavy (non-hydrogen) atoms. The summed E-state index contributed by atoms with van der Waals surface area (Å²) in [7, 11) is 0. The Balaban J connectivity index is 1.57. The van der Waals surface area contributed by atoms with Crippen molar-refractivity contribution in [2.45, 2.75) is 19.1 Å². The van der Waals surface area contributed by atoms with Gasteiger partial charge in [-0.15, -0.1) is 0 Å². The smallest absolute Gasteiger partial charge is 0.0933 e. The van der Waals surface area contributed by atoms with Crippen molar-refractivity contribution in [3.8, 4) is 5.69 Å². The number of benzene rings is 1. The molecular weight excluding hydrogens is 266 g/mol. The zero-order valence-corrected chi connectivity index (χ0v) is 12.2. The van der Waals surface area contributed by atoms with Crippen molar-refractivity contribution in [2.75, 3.05) is 26.4 Å². The second-order valence-electron chi connectivity index (χ2n) is 5.25. The zero-order chi connectivity index (χ0) is 14.5. The molecule has 0 radical (unpaired) electrons. The van der Waals surface area contributed by atoms with Crippen molar-refractivity contribution >= 4 is 0 Å². The molecule has 0 spiro atoms. The Bertz CT molecular complexity index is 550. The molecule has 3 rings (SSSR count). The van der Waals surface area contributed by atoms with E-state index >= 15 is 0 Å². The van der Waals surface area contributed by atoms with Gasteiger partial charge in [-0.1, -0.05) is 18.2 Å². The molecule has 1 aliphatic rings. The van der Waals surface area contributed by atoms with Crippen molar-refractivity contribution in [1.82, 2.24) is 15.1 Å². The first kappa shape index (κ1) is 14.3. The highest BCUT2D eigenvalue weighted by Crippen LogP contribution is 2.14. The van der Waals surface area contributed by atoms with E-state index in [0.29, 0.717) is 19.8 Å². The third kappa shape index (κ3) is 3.69. The molecule has 0 bridgehead atoms. The number of nitrogens with one attached hydrogen (secondary N) is 1. The molecule has 0 aliphatic carbocycles. The molecule has 2 atom stereocenters. The quantitative estimate of drug-likeness (QED) is 0.913. The lowest BCUT2D eigenvalue weighted by atomic mass is 10.2. The van der Waals surface area contributed by atoms with Crippen LogP contribution in [0.15, 0.2) is 42.7 Å². The summed E-state index contributed by atoms with van der Waals surface area (Å²) in [5.74, 6) is 0. The first-order chi connectivity index (χ1) is 10.3. The van der Waals surface area contributed by atoms with Crippen LogP contribution in [0.2, 0.25) is 0 Å². The average Bonchev–Trinajstić information content (AvgIpc) is 3.04. The van der Waals surface area contributed by atoms with Gasteiger partial charge in [-0.05, 0) is 19.1 Å². The molecule has 2 unspecified atom stereocenters. The van der Waals surface area contributed by atoms with Gasteiger partial charge < -0.3 is 14.8 Å². The number of hydrogen-bond acceptors (Lipinski definition) is 4. The normalized spacial score (nSPS) is 20.3. The Hall–Kier alpha value is -1.69. The van der Waals surface area contributed by atoms with Gasteiger partial charge in [0.1, 0.15) is 0 Å². The summed E-state index contributed by atoms with van der Waals surface area (Å²) < 4.78 is 12.9. The number of ether oxygens (including phenoxy) is 2. The van der Waals surface area contributed by atoms with Crippen molar-refractivity contribution in [3.63, 3.8) is 0 Å². The van der Waals surface area contributed by atoms with Gasteiger partial charge in [-0.2, -0.15) is 5.10 Å². The van der Waals surface area contributed by atoms with Crippen LogP contribution in [0.25, 0.3) is 5.69 Å². The van der Waals surface area contributed by atoms with E-state index in [-0.39, 0.29) is 12.1 Å². The molecule has 5 nitrogen and oxygen atoms in total. The summed E-state index contributed by atoms with van der Waals surface area (Å²) in [5.41, 5.74) is 2.23. The summed E-state index contributed by atoms with van der Waals surface area (Å²) in [6, 6.07) is 10.3. The van der Waals surface area contributed by atoms with Gasteiger partial charge in [-0.3, -0.25) is 0 Å². The second kappa shape index (κ2) is 6.85. The van der Waals surface area contributed by atoms with Crippen molar-refractivity contribution in [3.05, 3.63) is 48.3 Å². The van der Waals surface area contributed by atoms with Gasteiger partial charge in [0.15, 0.2) is 0 Å². The van der Waals surface area contributed by atoms with E-state index < -0.39 is 0 Å². The summed E-state index contributed by atoms with van der Waals surface area (Å²) >= 11 is 0. The monoisotopic (exact) mass is 287 g/mol. The summed E-state index contributed by atoms with van der Waals surface area (Å²) in [6.45, 7) is 4.99.